The molecule has 0 amide bonds. The SMILES string of the molecule is Cc1sc2nc(C[NH+]3CC[NH+](CCCOc4ccccc4)CC3)[nH]c(=O)c2c1C. The Balaban J connectivity index is 1.24. The molecule has 3 heterocycles. The van der Waals surface area contributed by atoms with E-state index in [2.05, 4.69) is 11.9 Å². The molecule has 4 rings (SSSR count). The summed E-state index contributed by atoms with van der Waals surface area (Å²) in [6.07, 6.45) is 1.07. The second kappa shape index (κ2) is 9.07. The number of aryl methyl sites for hydroxylation is 2. The first-order valence-electron chi connectivity index (χ1n) is 10.4. The van der Waals surface area contributed by atoms with Gasteiger partial charge in [0, 0.05) is 11.3 Å². The number of thiophene rings is 1. The number of para-hydroxylation sites is 1. The molecule has 0 bridgehead atoms. The van der Waals surface area contributed by atoms with Crippen LogP contribution in [0.5, 0.6) is 5.75 Å². The van der Waals surface area contributed by atoms with Gasteiger partial charge in [-0.1, -0.05) is 18.2 Å². The zero-order valence-electron chi connectivity index (χ0n) is 17.2. The smallest absolute Gasteiger partial charge is 0.260 e. The zero-order valence-corrected chi connectivity index (χ0v) is 18.0. The second-order valence-corrected chi connectivity index (χ2v) is 9.12. The number of aromatic nitrogens is 2. The van der Waals surface area contributed by atoms with Crippen LogP contribution in [0.15, 0.2) is 35.1 Å². The summed E-state index contributed by atoms with van der Waals surface area (Å²) in [5, 5.41) is 0.762. The average Bonchev–Trinajstić information content (AvgIpc) is 3.01. The van der Waals surface area contributed by atoms with Crippen LogP contribution in [0.4, 0.5) is 0 Å². The number of aromatic amines is 1. The van der Waals surface area contributed by atoms with Crippen LogP contribution in [0.1, 0.15) is 22.7 Å². The Morgan fingerprint density at radius 2 is 1.83 bits per heavy atom. The maximum atomic E-state index is 12.5. The molecule has 0 atom stereocenters. The predicted octanol–water partition coefficient (Wildman–Crippen LogP) is 0.354. The van der Waals surface area contributed by atoms with Gasteiger partial charge in [0.05, 0.1) is 18.5 Å². The number of quaternary nitrogens is 2. The predicted molar refractivity (Wildman–Crippen MR) is 116 cm³/mol. The normalized spacial score (nSPS) is 19.5. The van der Waals surface area contributed by atoms with Crippen LogP contribution >= 0.6 is 11.3 Å². The van der Waals surface area contributed by atoms with Gasteiger partial charge in [0.25, 0.3) is 5.56 Å². The number of rotatable bonds is 7. The Morgan fingerprint density at radius 3 is 2.59 bits per heavy atom. The Morgan fingerprint density at radius 1 is 1.10 bits per heavy atom. The number of nitrogens with one attached hydrogen (secondary N) is 3. The highest BCUT2D eigenvalue weighted by Crippen LogP contribution is 2.25. The number of benzene rings is 1. The molecule has 29 heavy (non-hydrogen) atoms. The number of piperazine rings is 1. The Bertz CT molecular complexity index is 1010. The fraction of sp³-hybridized carbons (Fsp3) is 0.455. The molecule has 3 N–H and O–H groups in total. The van der Waals surface area contributed by atoms with Crippen LogP contribution in [0.2, 0.25) is 0 Å². The molecule has 7 heteroatoms. The molecule has 0 radical (unpaired) electrons. The van der Waals surface area contributed by atoms with Crippen molar-refractivity contribution < 1.29 is 14.5 Å². The van der Waals surface area contributed by atoms with Crippen molar-refractivity contribution >= 4 is 21.6 Å². The van der Waals surface area contributed by atoms with Crippen LogP contribution in [0.3, 0.4) is 0 Å². The molecule has 2 aromatic heterocycles. The molecule has 1 aliphatic heterocycles. The molecule has 0 unspecified atom stereocenters. The third-order valence-electron chi connectivity index (χ3n) is 5.86. The van der Waals surface area contributed by atoms with Gasteiger partial charge in [-0.2, -0.15) is 0 Å². The topological polar surface area (TPSA) is 63.9 Å². The van der Waals surface area contributed by atoms with E-state index < -0.39 is 0 Å². The van der Waals surface area contributed by atoms with Crippen LogP contribution in [0.25, 0.3) is 10.2 Å². The van der Waals surface area contributed by atoms with Gasteiger partial charge in [-0.3, -0.25) is 4.79 Å². The fourth-order valence-electron chi connectivity index (χ4n) is 4.03. The lowest BCUT2D eigenvalue weighted by molar-refractivity contribution is -1.02. The monoisotopic (exact) mass is 414 g/mol. The highest BCUT2D eigenvalue weighted by molar-refractivity contribution is 7.18. The summed E-state index contributed by atoms with van der Waals surface area (Å²) in [4.78, 5) is 25.4. The summed E-state index contributed by atoms with van der Waals surface area (Å²) >= 11 is 1.62. The summed E-state index contributed by atoms with van der Waals surface area (Å²) in [5.41, 5.74) is 1.07. The summed E-state index contributed by atoms with van der Waals surface area (Å²) < 4.78 is 5.79. The van der Waals surface area contributed by atoms with Gasteiger partial charge in [0.1, 0.15) is 43.3 Å². The van der Waals surface area contributed by atoms with Gasteiger partial charge >= 0.3 is 0 Å². The van der Waals surface area contributed by atoms with Crippen molar-refractivity contribution in [2.24, 2.45) is 0 Å². The number of H-pyrrole nitrogens is 1. The molecule has 6 nitrogen and oxygen atoms in total. The van der Waals surface area contributed by atoms with Gasteiger partial charge in [-0.15, -0.1) is 11.3 Å². The van der Waals surface area contributed by atoms with E-state index in [1.54, 1.807) is 16.2 Å². The van der Waals surface area contributed by atoms with E-state index in [0.29, 0.717) is 0 Å². The summed E-state index contributed by atoms with van der Waals surface area (Å²) in [7, 11) is 0. The highest BCUT2D eigenvalue weighted by atomic mass is 32.1. The molecule has 3 aromatic rings. The van der Waals surface area contributed by atoms with Gasteiger partial charge < -0.3 is 19.5 Å². The first kappa shape index (κ1) is 20.1. The average molecular weight is 415 g/mol. The minimum absolute atomic E-state index is 0.00827. The lowest BCUT2D eigenvalue weighted by Gasteiger charge is -2.29. The lowest BCUT2D eigenvalue weighted by atomic mass is 10.2. The van der Waals surface area contributed by atoms with E-state index in [4.69, 9.17) is 9.72 Å². The molecule has 1 aliphatic rings. The van der Waals surface area contributed by atoms with E-state index >= 15 is 0 Å². The van der Waals surface area contributed by atoms with Gasteiger partial charge in [-0.25, -0.2) is 4.98 Å². The standard InChI is InChI=1S/C22H28N4O2S/c1-16-17(2)29-22-20(16)21(27)23-19(24-22)15-26-12-10-25(11-13-26)9-6-14-28-18-7-4-3-5-8-18/h3-5,7-8H,6,9-15H2,1-2H3,(H,23,24,27)/p+2. The van der Waals surface area contributed by atoms with E-state index in [1.807, 2.05) is 37.3 Å². The molecule has 1 saturated heterocycles. The minimum Gasteiger partial charge on any atom is -0.493 e. The molecular weight excluding hydrogens is 384 g/mol. The Hall–Kier alpha value is -2.22. The van der Waals surface area contributed by atoms with Crippen LogP contribution in [0, 0.1) is 13.8 Å². The van der Waals surface area contributed by atoms with E-state index in [0.717, 1.165) is 79.7 Å². The number of fused-ring (bicyclic) bond motifs is 1. The third-order valence-corrected chi connectivity index (χ3v) is 6.96. The van der Waals surface area contributed by atoms with Gasteiger partial charge in [0.15, 0.2) is 5.82 Å². The lowest BCUT2D eigenvalue weighted by Crippen LogP contribution is -3.27. The van der Waals surface area contributed by atoms with Crippen molar-refractivity contribution in [2.45, 2.75) is 26.8 Å². The molecule has 0 saturated carbocycles. The second-order valence-electron chi connectivity index (χ2n) is 7.92. The van der Waals surface area contributed by atoms with Crippen LogP contribution in [-0.4, -0.2) is 49.3 Å². The highest BCUT2D eigenvalue weighted by Gasteiger charge is 2.24. The number of hydrogen-bond donors (Lipinski definition) is 3. The van der Waals surface area contributed by atoms with Crippen molar-refractivity contribution in [2.75, 3.05) is 39.3 Å². The van der Waals surface area contributed by atoms with Crippen LogP contribution in [-0.2, 0) is 6.54 Å². The first-order chi connectivity index (χ1) is 14.1. The van der Waals surface area contributed by atoms with Crippen molar-refractivity contribution in [3.8, 4) is 5.75 Å². The number of hydrogen-bond acceptors (Lipinski definition) is 4. The maximum absolute atomic E-state index is 12.5. The Labute approximate surface area is 175 Å². The minimum atomic E-state index is 0.00827. The number of nitrogens with zero attached hydrogens (tertiary/aromatic N) is 1. The van der Waals surface area contributed by atoms with E-state index in [1.165, 1.54) is 9.78 Å². The van der Waals surface area contributed by atoms with Gasteiger partial charge in [0.2, 0.25) is 0 Å². The Kier molecular flexibility index (Phi) is 6.28. The van der Waals surface area contributed by atoms with Gasteiger partial charge in [-0.05, 0) is 31.5 Å². The van der Waals surface area contributed by atoms with Crippen LogP contribution < -0.4 is 20.1 Å². The summed E-state index contributed by atoms with van der Waals surface area (Å²) in [6.45, 7) is 11.3. The van der Waals surface area contributed by atoms with Crippen molar-refractivity contribution in [1.29, 1.82) is 0 Å². The molecule has 1 fully saturated rings. The first-order valence-corrected chi connectivity index (χ1v) is 11.3. The quantitative estimate of drug-likeness (QED) is 0.489. The summed E-state index contributed by atoms with van der Waals surface area (Å²) in [5.74, 6) is 1.77. The number of ether oxygens (including phenoxy) is 1. The zero-order chi connectivity index (χ0) is 20.2. The molecule has 154 valence electrons. The molecule has 1 aromatic carbocycles. The van der Waals surface area contributed by atoms with Crippen molar-refractivity contribution in [1.82, 2.24) is 9.97 Å². The largest absolute Gasteiger partial charge is 0.493 e. The maximum Gasteiger partial charge on any atom is 0.260 e. The molecule has 0 spiro atoms. The van der Waals surface area contributed by atoms with E-state index in [9.17, 15) is 4.79 Å². The van der Waals surface area contributed by atoms with E-state index in [-0.39, 0.29) is 5.56 Å². The fourth-order valence-corrected chi connectivity index (χ4v) is 5.08. The molecule has 0 aliphatic carbocycles. The van der Waals surface area contributed by atoms with Crippen molar-refractivity contribution in [3.63, 3.8) is 0 Å². The van der Waals surface area contributed by atoms with Crippen molar-refractivity contribution in [3.05, 3.63) is 57.0 Å². The molecular formula is C22H30N4O2S+2. The summed E-state index contributed by atoms with van der Waals surface area (Å²) in [6, 6.07) is 10.0. The third kappa shape index (κ3) is 4.86.